The van der Waals surface area contributed by atoms with Gasteiger partial charge in [-0.15, -0.1) is 0 Å². The minimum absolute atomic E-state index is 0.0439. The van der Waals surface area contributed by atoms with E-state index in [0.717, 1.165) is 26.0 Å². The smallest absolute Gasteiger partial charge is 0.360 e. The average molecular weight is 575 g/mol. The van der Waals surface area contributed by atoms with Crippen molar-refractivity contribution < 1.29 is 43.2 Å². The number of benzene rings is 3. The summed E-state index contributed by atoms with van der Waals surface area (Å²) < 4.78 is 22.0. The molecule has 3 aromatic rings. The maximum atomic E-state index is 13.3. The molecule has 0 atom stereocenters. The van der Waals surface area contributed by atoms with Crippen LogP contribution in [0.1, 0.15) is 40.9 Å². The van der Waals surface area contributed by atoms with Crippen LogP contribution < -0.4 is 14.2 Å². The molecule has 0 fully saturated rings. The van der Waals surface area contributed by atoms with Gasteiger partial charge in [-0.25, -0.2) is 4.79 Å². The monoisotopic (exact) mass is 574 g/mol. The van der Waals surface area contributed by atoms with Gasteiger partial charge in [0.2, 0.25) is 0 Å². The van der Waals surface area contributed by atoms with Crippen molar-refractivity contribution in [3.63, 3.8) is 0 Å². The minimum Gasteiger partial charge on any atom is -0.456 e. The molecular weight excluding hydrogens is 563 g/mol. The highest BCUT2D eigenvalue weighted by atomic mass is 35.5. The Balaban J connectivity index is 1.89. The summed E-state index contributed by atoms with van der Waals surface area (Å²) >= 11 is 12.7. The van der Waals surface area contributed by atoms with Gasteiger partial charge in [0.15, 0.2) is 22.7 Å². The van der Waals surface area contributed by atoms with E-state index < -0.39 is 50.3 Å². The van der Waals surface area contributed by atoms with Gasteiger partial charge < -0.3 is 18.9 Å². The van der Waals surface area contributed by atoms with Crippen LogP contribution in [0.25, 0.3) is 0 Å². The molecule has 2 aliphatic heterocycles. The van der Waals surface area contributed by atoms with E-state index in [1.807, 2.05) is 0 Å². The third-order valence-corrected chi connectivity index (χ3v) is 6.51. The number of esters is 3. The van der Waals surface area contributed by atoms with Crippen molar-refractivity contribution in [1.82, 2.24) is 0 Å². The Morgan fingerprint density at radius 3 is 1.79 bits per heavy atom. The quantitative estimate of drug-likeness (QED) is 0.172. The molecule has 2 heterocycles. The lowest BCUT2D eigenvalue weighted by molar-refractivity contribution is -0.422. The topological polar surface area (TPSA) is 174 Å². The SMILES string of the molecule is CC(=O)Oc1cc2c(cc1Cl)C1(OC(=O)c3c1ccc([N+](=O)[O-])c3[N+](=O)[O-])c1cc(Cl)c(OC(C)=O)cc1O2. The summed E-state index contributed by atoms with van der Waals surface area (Å²) in [5, 5.41) is 23.3. The third-order valence-electron chi connectivity index (χ3n) is 5.92. The Bertz CT molecular complexity index is 1610. The first-order valence-electron chi connectivity index (χ1n) is 10.8. The normalized spacial score (nSPS) is 13.9. The Morgan fingerprint density at radius 1 is 0.846 bits per heavy atom. The number of hydrogen-bond donors (Lipinski definition) is 0. The second-order valence-electron chi connectivity index (χ2n) is 8.29. The van der Waals surface area contributed by atoms with Crippen LogP contribution in [0, 0.1) is 20.2 Å². The predicted molar refractivity (Wildman–Crippen MR) is 131 cm³/mol. The maximum absolute atomic E-state index is 13.3. The summed E-state index contributed by atoms with van der Waals surface area (Å²) in [6, 6.07) is 7.01. The molecular formula is C24H12Cl2N2O11. The zero-order valence-electron chi connectivity index (χ0n) is 19.6. The van der Waals surface area contributed by atoms with Gasteiger partial charge in [-0.05, 0) is 18.2 Å². The van der Waals surface area contributed by atoms with Gasteiger partial charge in [-0.2, -0.15) is 0 Å². The molecule has 198 valence electrons. The first-order valence-corrected chi connectivity index (χ1v) is 11.5. The standard InChI is InChI=1S/C24H12Cl2N2O11/c1-9(29)36-19-7-17-12(5-14(19)25)24(13-6-15(26)20(37-10(2)30)8-18(13)38-17)11-3-4-16(27(32)33)22(28(34)35)21(11)23(31)39-24/h3-8H,1-2H3. The molecule has 0 N–H and O–H groups in total. The molecule has 0 unspecified atom stereocenters. The van der Waals surface area contributed by atoms with Crippen LogP contribution in [-0.4, -0.2) is 27.8 Å². The molecule has 0 saturated carbocycles. The Hall–Kier alpha value is -4.75. The molecule has 0 bridgehead atoms. The zero-order chi connectivity index (χ0) is 28.4. The van der Waals surface area contributed by atoms with Crippen LogP contribution in [0.2, 0.25) is 10.0 Å². The molecule has 15 heteroatoms. The van der Waals surface area contributed by atoms with E-state index in [1.54, 1.807) is 0 Å². The maximum Gasteiger partial charge on any atom is 0.360 e. The van der Waals surface area contributed by atoms with Crippen molar-refractivity contribution in [2.45, 2.75) is 19.4 Å². The van der Waals surface area contributed by atoms with Gasteiger partial charge in [0, 0.05) is 48.7 Å². The second kappa shape index (κ2) is 8.92. The van der Waals surface area contributed by atoms with Crippen molar-refractivity contribution in [1.29, 1.82) is 0 Å². The molecule has 13 nitrogen and oxygen atoms in total. The number of nitrogens with zero attached hydrogens (tertiary/aromatic N) is 2. The molecule has 0 saturated heterocycles. The van der Waals surface area contributed by atoms with Crippen molar-refractivity contribution in [2.24, 2.45) is 0 Å². The fraction of sp³-hybridized carbons (Fsp3) is 0.125. The van der Waals surface area contributed by atoms with Gasteiger partial charge >= 0.3 is 29.3 Å². The number of halogens is 2. The van der Waals surface area contributed by atoms with Crippen LogP contribution in [0.3, 0.4) is 0 Å². The molecule has 0 aromatic heterocycles. The van der Waals surface area contributed by atoms with E-state index in [1.165, 1.54) is 24.3 Å². The summed E-state index contributed by atoms with van der Waals surface area (Å²) in [5.74, 6) is -2.98. The summed E-state index contributed by atoms with van der Waals surface area (Å²) in [6.45, 7) is 2.28. The molecule has 1 spiro atoms. The highest BCUT2D eigenvalue weighted by Gasteiger charge is 2.57. The summed E-state index contributed by atoms with van der Waals surface area (Å²) in [6.07, 6.45) is 0. The van der Waals surface area contributed by atoms with E-state index in [-0.39, 0.29) is 49.7 Å². The molecule has 5 rings (SSSR count). The fourth-order valence-electron chi connectivity index (χ4n) is 4.58. The van der Waals surface area contributed by atoms with Gasteiger partial charge in [0.05, 0.1) is 19.9 Å². The van der Waals surface area contributed by atoms with E-state index in [9.17, 15) is 34.6 Å². The Morgan fingerprint density at radius 2 is 1.36 bits per heavy atom. The number of hydrogen-bond acceptors (Lipinski definition) is 11. The van der Waals surface area contributed by atoms with Gasteiger partial charge in [0.1, 0.15) is 11.5 Å². The molecule has 0 amide bonds. The minimum atomic E-state index is -2.01. The van der Waals surface area contributed by atoms with Gasteiger partial charge in [0.25, 0.3) is 0 Å². The van der Waals surface area contributed by atoms with Crippen molar-refractivity contribution in [3.8, 4) is 23.0 Å². The number of ether oxygens (including phenoxy) is 4. The summed E-state index contributed by atoms with van der Waals surface area (Å²) in [5.41, 5.74) is -4.71. The lowest BCUT2D eigenvalue weighted by Crippen LogP contribution is -2.33. The van der Waals surface area contributed by atoms with Crippen molar-refractivity contribution in [2.75, 3.05) is 0 Å². The molecule has 0 aliphatic carbocycles. The van der Waals surface area contributed by atoms with Crippen LogP contribution in [-0.2, 0) is 19.9 Å². The largest absolute Gasteiger partial charge is 0.456 e. The highest BCUT2D eigenvalue weighted by Crippen LogP contribution is 2.60. The fourth-order valence-corrected chi connectivity index (χ4v) is 4.98. The third kappa shape index (κ3) is 3.90. The Kier molecular flexibility index (Phi) is 5.92. The number of carbonyl (C=O) groups is 3. The molecule has 39 heavy (non-hydrogen) atoms. The van der Waals surface area contributed by atoms with Crippen molar-refractivity contribution >= 4 is 52.5 Å². The Labute approximate surface area is 227 Å². The number of rotatable bonds is 4. The molecule has 3 aromatic carbocycles. The second-order valence-corrected chi connectivity index (χ2v) is 9.10. The van der Waals surface area contributed by atoms with Crippen LogP contribution in [0.15, 0.2) is 36.4 Å². The number of fused-ring (bicyclic) bond motifs is 6. The average Bonchev–Trinajstić information content (AvgIpc) is 3.13. The number of nitro benzene ring substituents is 2. The van der Waals surface area contributed by atoms with Gasteiger partial charge in [-0.3, -0.25) is 29.8 Å². The first kappa shape index (κ1) is 25.9. The number of carbonyl (C=O) groups excluding carboxylic acids is 3. The summed E-state index contributed by atoms with van der Waals surface area (Å²) in [7, 11) is 0. The van der Waals surface area contributed by atoms with E-state index >= 15 is 0 Å². The number of nitro groups is 2. The van der Waals surface area contributed by atoms with Crippen molar-refractivity contribution in [3.05, 3.63) is 88.9 Å². The lowest BCUT2D eigenvalue weighted by atomic mass is 9.77. The summed E-state index contributed by atoms with van der Waals surface area (Å²) in [4.78, 5) is 57.9. The molecule has 0 radical (unpaired) electrons. The zero-order valence-corrected chi connectivity index (χ0v) is 21.1. The van der Waals surface area contributed by atoms with E-state index in [2.05, 4.69) is 0 Å². The van der Waals surface area contributed by atoms with Crippen LogP contribution in [0.5, 0.6) is 23.0 Å². The van der Waals surface area contributed by atoms with Crippen LogP contribution >= 0.6 is 23.2 Å². The molecule has 2 aliphatic rings. The highest BCUT2D eigenvalue weighted by molar-refractivity contribution is 6.33. The van der Waals surface area contributed by atoms with Crippen LogP contribution in [0.4, 0.5) is 11.4 Å². The first-order chi connectivity index (χ1) is 18.3. The van der Waals surface area contributed by atoms with E-state index in [4.69, 9.17) is 42.1 Å². The van der Waals surface area contributed by atoms with Gasteiger partial charge in [-0.1, -0.05) is 23.2 Å². The predicted octanol–water partition coefficient (Wildman–Crippen LogP) is 5.23. The van der Waals surface area contributed by atoms with E-state index in [0.29, 0.717) is 0 Å². The lowest BCUT2D eigenvalue weighted by Gasteiger charge is -2.37.